The topological polar surface area (TPSA) is 51.2 Å². The lowest BCUT2D eigenvalue weighted by Crippen LogP contribution is -2.31. The van der Waals surface area contributed by atoms with Gasteiger partial charge in [-0.3, -0.25) is 4.79 Å². The van der Waals surface area contributed by atoms with Gasteiger partial charge in [-0.2, -0.15) is 0 Å². The van der Waals surface area contributed by atoms with Crippen LogP contribution in [-0.2, 0) is 9.53 Å². The Morgan fingerprint density at radius 2 is 2.62 bits per heavy atom. The van der Waals surface area contributed by atoms with Crippen LogP contribution in [-0.4, -0.2) is 24.1 Å². The molecule has 0 aliphatic carbocycles. The Labute approximate surface area is 79.9 Å². The van der Waals surface area contributed by atoms with Gasteiger partial charge in [0, 0.05) is 23.9 Å². The Morgan fingerprint density at radius 3 is 3.15 bits per heavy atom. The Hall–Kier alpha value is -0.940. The van der Waals surface area contributed by atoms with Crippen molar-refractivity contribution in [3.63, 3.8) is 0 Å². The van der Waals surface area contributed by atoms with Crippen LogP contribution in [0, 0.1) is 5.92 Å². The first-order valence-corrected chi connectivity index (χ1v) is 4.99. The highest BCUT2D eigenvalue weighted by Gasteiger charge is 2.21. The Bertz CT molecular complexity index is 282. The van der Waals surface area contributed by atoms with Gasteiger partial charge in [0.1, 0.15) is 0 Å². The molecule has 5 heteroatoms. The van der Waals surface area contributed by atoms with E-state index in [1.165, 1.54) is 11.3 Å². The number of nitrogens with one attached hydrogen (secondary N) is 1. The van der Waals surface area contributed by atoms with Crippen molar-refractivity contribution in [2.75, 3.05) is 18.5 Å². The maximum atomic E-state index is 11.3. The fourth-order valence-electron chi connectivity index (χ4n) is 1.12. The molecular formula is C8H10N2O2S. The van der Waals surface area contributed by atoms with E-state index in [2.05, 4.69) is 10.3 Å². The van der Waals surface area contributed by atoms with E-state index < -0.39 is 0 Å². The van der Waals surface area contributed by atoms with Gasteiger partial charge in [0.25, 0.3) is 0 Å². The van der Waals surface area contributed by atoms with Crippen molar-refractivity contribution in [1.29, 1.82) is 0 Å². The van der Waals surface area contributed by atoms with Gasteiger partial charge in [0.15, 0.2) is 5.13 Å². The Balaban J connectivity index is 1.78. The molecule has 0 radical (unpaired) electrons. The summed E-state index contributed by atoms with van der Waals surface area (Å²) >= 11 is 1.43. The van der Waals surface area contributed by atoms with Crippen molar-refractivity contribution in [1.82, 2.24) is 4.98 Å². The summed E-state index contributed by atoms with van der Waals surface area (Å²) in [6, 6.07) is 0. The van der Waals surface area contributed by atoms with E-state index in [-0.39, 0.29) is 5.91 Å². The van der Waals surface area contributed by atoms with E-state index in [0.717, 1.165) is 0 Å². The number of hydrogen-bond donors (Lipinski definition) is 1. The van der Waals surface area contributed by atoms with Crippen LogP contribution in [0.15, 0.2) is 11.6 Å². The highest BCUT2D eigenvalue weighted by Crippen LogP contribution is 2.16. The van der Waals surface area contributed by atoms with Crippen LogP contribution in [0.1, 0.15) is 6.42 Å². The quantitative estimate of drug-likeness (QED) is 0.791. The van der Waals surface area contributed by atoms with E-state index in [4.69, 9.17) is 4.74 Å². The lowest BCUT2D eigenvalue weighted by atomic mass is 10.0. The van der Waals surface area contributed by atoms with Gasteiger partial charge in [-0.25, -0.2) is 4.98 Å². The molecule has 1 aromatic rings. The highest BCUT2D eigenvalue weighted by molar-refractivity contribution is 7.13. The average Bonchev–Trinajstić information content (AvgIpc) is 2.49. The fourth-order valence-corrected chi connectivity index (χ4v) is 1.67. The van der Waals surface area contributed by atoms with Crippen molar-refractivity contribution >= 4 is 22.4 Å². The van der Waals surface area contributed by atoms with Crippen molar-refractivity contribution in [3.8, 4) is 0 Å². The highest BCUT2D eigenvalue weighted by atomic mass is 32.1. The van der Waals surface area contributed by atoms with Crippen molar-refractivity contribution < 1.29 is 9.53 Å². The molecule has 2 heterocycles. The second-order valence-electron chi connectivity index (χ2n) is 2.99. The molecule has 1 N–H and O–H groups in total. The molecule has 4 nitrogen and oxygen atoms in total. The predicted molar refractivity (Wildman–Crippen MR) is 49.7 cm³/mol. The first-order valence-electron chi connectivity index (χ1n) is 4.11. The van der Waals surface area contributed by atoms with Crippen molar-refractivity contribution in [2.24, 2.45) is 5.92 Å². The fraction of sp³-hybridized carbons (Fsp3) is 0.500. The summed E-state index contributed by atoms with van der Waals surface area (Å²) < 4.78 is 4.98. The predicted octanol–water partition coefficient (Wildman–Crippen LogP) is 1.12. The first-order chi connectivity index (χ1) is 6.34. The molecule has 1 fully saturated rings. The minimum atomic E-state index is 0.0308. The molecule has 1 aliphatic rings. The van der Waals surface area contributed by atoms with Gasteiger partial charge in [-0.15, -0.1) is 11.3 Å². The van der Waals surface area contributed by atoms with E-state index in [1.807, 2.05) is 5.38 Å². The monoisotopic (exact) mass is 198 g/mol. The summed E-state index contributed by atoms with van der Waals surface area (Å²) in [5, 5.41) is 5.24. The van der Waals surface area contributed by atoms with Crippen LogP contribution in [0.3, 0.4) is 0 Å². The normalized spacial score (nSPS) is 16.6. The van der Waals surface area contributed by atoms with E-state index in [0.29, 0.717) is 30.7 Å². The largest absolute Gasteiger partial charge is 0.381 e. The van der Waals surface area contributed by atoms with Gasteiger partial charge < -0.3 is 10.1 Å². The third-order valence-corrected chi connectivity index (χ3v) is 2.55. The lowest BCUT2D eigenvalue weighted by molar-refractivity contribution is -0.121. The van der Waals surface area contributed by atoms with E-state index in [1.54, 1.807) is 6.20 Å². The van der Waals surface area contributed by atoms with Gasteiger partial charge in [-0.1, -0.05) is 0 Å². The van der Waals surface area contributed by atoms with E-state index >= 15 is 0 Å². The number of aromatic nitrogens is 1. The molecule has 13 heavy (non-hydrogen) atoms. The molecule has 1 aromatic heterocycles. The summed E-state index contributed by atoms with van der Waals surface area (Å²) in [6.45, 7) is 1.43. The molecular weight excluding hydrogens is 188 g/mol. The Kier molecular flexibility index (Phi) is 2.56. The zero-order valence-corrected chi connectivity index (χ0v) is 7.84. The zero-order valence-electron chi connectivity index (χ0n) is 7.03. The SMILES string of the molecule is O=C(CC1COC1)Nc1nccs1. The first kappa shape index (κ1) is 8.65. The van der Waals surface area contributed by atoms with Crippen LogP contribution >= 0.6 is 11.3 Å². The number of anilines is 1. The number of ether oxygens (including phenoxy) is 1. The third kappa shape index (κ3) is 2.26. The standard InChI is InChI=1S/C8H10N2O2S/c11-7(3-6-4-12-5-6)10-8-9-1-2-13-8/h1-2,6H,3-5H2,(H,9,10,11). The second-order valence-corrected chi connectivity index (χ2v) is 3.89. The summed E-state index contributed by atoms with van der Waals surface area (Å²) in [5.74, 6) is 0.434. The molecule has 0 aromatic carbocycles. The molecule has 1 saturated heterocycles. The van der Waals surface area contributed by atoms with Crippen LogP contribution in [0.25, 0.3) is 0 Å². The number of nitrogens with zero attached hydrogens (tertiary/aromatic N) is 1. The van der Waals surface area contributed by atoms with Crippen LogP contribution in [0.4, 0.5) is 5.13 Å². The third-order valence-electron chi connectivity index (χ3n) is 1.86. The second kappa shape index (κ2) is 3.85. The number of carbonyl (C=O) groups is 1. The van der Waals surface area contributed by atoms with Gasteiger partial charge >= 0.3 is 0 Å². The zero-order chi connectivity index (χ0) is 9.10. The number of carbonyl (C=O) groups excluding carboxylic acids is 1. The molecule has 0 bridgehead atoms. The van der Waals surface area contributed by atoms with Gasteiger partial charge in [-0.05, 0) is 0 Å². The average molecular weight is 198 g/mol. The molecule has 0 unspecified atom stereocenters. The van der Waals surface area contributed by atoms with Crippen molar-refractivity contribution in [3.05, 3.63) is 11.6 Å². The Morgan fingerprint density at radius 1 is 1.77 bits per heavy atom. The van der Waals surface area contributed by atoms with Gasteiger partial charge in [0.2, 0.25) is 5.91 Å². The number of hydrogen-bond acceptors (Lipinski definition) is 4. The number of thiazole rings is 1. The maximum Gasteiger partial charge on any atom is 0.226 e. The number of rotatable bonds is 3. The minimum absolute atomic E-state index is 0.0308. The smallest absolute Gasteiger partial charge is 0.226 e. The number of amides is 1. The molecule has 2 rings (SSSR count). The van der Waals surface area contributed by atoms with Crippen LogP contribution < -0.4 is 5.32 Å². The van der Waals surface area contributed by atoms with Crippen molar-refractivity contribution in [2.45, 2.75) is 6.42 Å². The van der Waals surface area contributed by atoms with Crippen LogP contribution in [0.5, 0.6) is 0 Å². The molecule has 1 aliphatic heterocycles. The maximum absolute atomic E-state index is 11.3. The summed E-state index contributed by atoms with van der Waals surface area (Å²) in [4.78, 5) is 15.3. The van der Waals surface area contributed by atoms with E-state index in [9.17, 15) is 4.79 Å². The molecule has 0 spiro atoms. The molecule has 1 amide bonds. The van der Waals surface area contributed by atoms with Crippen LogP contribution in [0.2, 0.25) is 0 Å². The molecule has 0 atom stereocenters. The van der Waals surface area contributed by atoms with Gasteiger partial charge in [0.05, 0.1) is 13.2 Å². The summed E-state index contributed by atoms with van der Waals surface area (Å²) in [5.41, 5.74) is 0. The lowest BCUT2D eigenvalue weighted by Gasteiger charge is -2.24. The molecule has 70 valence electrons. The minimum Gasteiger partial charge on any atom is -0.381 e. The summed E-state index contributed by atoms with van der Waals surface area (Å²) in [7, 11) is 0. The molecule has 0 saturated carbocycles. The summed E-state index contributed by atoms with van der Waals surface area (Å²) in [6.07, 6.45) is 2.21.